The summed E-state index contributed by atoms with van der Waals surface area (Å²) in [6, 6.07) is 19.8. The third kappa shape index (κ3) is 6.46. The largest absolute Gasteiger partial charge is 0.494 e. The van der Waals surface area contributed by atoms with Crippen molar-refractivity contribution in [2.24, 2.45) is 4.99 Å². The number of benzene rings is 3. The highest BCUT2D eigenvalue weighted by Gasteiger charge is 2.20. The van der Waals surface area contributed by atoms with Crippen molar-refractivity contribution in [3.8, 4) is 5.88 Å². The van der Waals surface area contributed by atoms with Gasteiger partial charge in [-0.3, -0.25) is 14.5 Å². The van der Waals surface area contributed by atoms with Crippen LogP contribution in [0.1, 0.15) is 37.4 Å². The fourth-order valence-electron chi connectivity index (χ4n) is 4.80. The minimum Gasteiger partial charge on any atom is -0.494 e. The fraction of sp³-hybridized carbons (Fsp3) is 0.258. The first-order chi connectivity index (χ1) is 19.9. The predicted molar refractivity (Wildman–Crippen MR) is 155 cm³/mol. The number of H-pyrrole nitrogens is 1. The van der Waals surface area contributed by atoms with Crippen LogP contribution in [-0.2, 0) is 14.3 Å². The van der Waals surface area contributed by atoms with E-state index in [2.05, 4.69) is 15.4 Å². The van der Waals surface area contributed by atoms with Crippen molar-refractivity contribution in [1.82, 2.24) is 15.4 Å². The van der Waals surface area contributed by atoms with E-state index in [9.17, 15) is 14.7 Å². The summed E-state index contributed by atoms with van der Waals surface area (Å²) < 4.78 is 10.2. The number of hydrogen-bond donors (Lipinski definition) is 3. The number of carbonyl (C=O) groups is 2. The van der Waals surface area contributed by atoms with Gasteiger partial charge in [-0.2, -0.15) is 0 Å². The number of carbonyl (C=O) groups excluding carboxylic acids is 2. The molecular formula is C31H32N4O6. The molecule has 0 spiro atoms. The number of fused-ring (bicyclic) bond motifs is 1. The lowest BCUT2D eigenvalue weighted by atomic mass is 10.00. The number of methoxy groups -OCH3 is 1. The van der Waals surface area contributed by atoms with Crippen LogP contribution in [0.2, 0.25) is 0 Å². The van der Waals surface area contributed by atoms with Gasteiger partial charge in [-0.15, -0.1) is 0 Å². The minimum absolute atomic E-state index is 0.0773. The summed E-state index contributed by atoms with van der Waals surface area (Å²) in [5.41, 5.74) is 7.07. The Morgan fingerprint density at radius 2 is 1.83 bits per heavy atom. The molecule has 1 aliphatic heterocycles. The summed E-state index contributed by atoms with van der Waals surface area (Å²) >= 11 is 0. The first kappa shape index (κ1) is 28.0. The molecule has 2 heterocycles. The van der Waals surface area contributed by atoms with E-state index in [1.54, 1.807) is 30.3 Å². The van der Waals surface area contributed by atoms with E-state index in [0.29, 0.717) is 65.4 Å². The van der Waals surface area contributed by atoms with Crippen LogP contribution in [0.15, 0.2) is 71.7 Å². The third-order valence-corrected chi connectivity index (χ3v) is 6.96. The average molecular weight is 557 g/mol. The van der Waals surface area contributed by atoms with E-state index < -0.39 is 5.97 Å². The maximum atomic E-state index is 12.8. The zero-order chi connectivity index (χ0) is 28.8. The molecule has 10 nitrogen and oxygen atoms in total. The summed E-state index contributed by atoms with van der Waals surface area (Å²) in [6.07, 6.45) is 0. The first-order valence-electron chi connectivity index (χ1n) is 13.3. The van der Waals surface area contributed by atoms with Crippen LogP contribution < -0.4 is 5.48 Å². The monoisotopic (exact) mass is 556 g/mol. The smallest absolute Gasteiger partial charge is 0.337 e. The Labute approximate surface area is 237 Å². The van der Waals surface area contributed by atoms with Crippen molar-refractivity contribution in [2.45, 2.75) is 6.92 Å². The number of nitrogens with one attached hydrogen (secondary N) is 2. The zero-order valence-electron chi connectivity index (χ0n) is 23.0. The highest BCUT2D eigenvalue weighted by atomic mass is 16.7. The second-order valence-electron chi connectivity index (χ2n) is 9.66. The lowest BCUT2D eigenvalue weighted by molar-refractivity contribution is -0.00179. The molecule has 0 saturated carbocycles. The quantitative estimate of drug-likeness (QED) is 0.123. The Morgan fingerprint density at radius 3 is 2.56 bits per heavy atom. The Morgan fingerprint density at radius 1 is 1.05 bits per heavy atom. The van der Waals surface area contributed by atoms with Crippen LogP contribution >= 0.6 is 0 Å². The summed E-state index contributed by atoms with van der Waals surface area (Å²) in [4.78, 5) is 40.3. The lowest BCUT2D eigenvalue weighted by Crippen LogP contribution is -2.39. The van der Waals surface area contributed by atoms with Gasteiger partial charge >= 0.3 is 5.97 Å². The highest BCUT2D eigenvalue weighted by molar-refractivity contribution is 6.22. The van der Waals surface area contributed by atoms with Crippen molar-refractivity contribution in [2.75, 3.05) is 46.6 Å². The third-order valence-electron chi connectivity index (χ3n) is 6.96. The molecule has 1 fully saturated rings. The number of aromatic nitrogens is 1. The number of amides is 1. The first-order valence-corrected chi connectivity index (χ1v) is 13.3. The number of hydrogen-bond acceptors (Lipinski definition) is 8. The zero-order valence-corrected chi connectivity index (χ0v) is 23.0. The number of ether oxygens (including phenoxy) is 2. The number of aromatic amines is 1. The number of nitrogens with zero attached hydrogens (tertiary/aromatic N) is 2. The predicted octanol–water partition coefficient (Wildman–Crippen LogP) is 4.13. The van der Waals surface area contributed by atoms with Gasteiger partial charge in [-0.25, -0.2) is 15.3 Å². The van der Waals surface area contributed by atoms with Gasteiger partial charge < -0.3 is 19.6 Å². The summed E-state index contributed by atoms with van der Waals surface area (Å²) in [5.74, 6) is -0.882. The van der Waals surface area contributed by atoms with Gasteiger partial charge in [0.05, 0.1) is 49.5 Å². The molecule has 5 rings (SSSR count). The number of morpholine rings is 1. The topological polar surface area (TPSA) is 125 Å². The molecule has 41 heavy (non-hydrogen) atoms. The second-order valence-corrected chi connectivity index (χ2v) is 9.66. The van der Waals surface area contributed by atoms with E-state index in [1.165, 1.54) is 7.11 Å². The van der Waals surface area contributed by atoms with Gasteiger partial charge in [0.25, 0.3) is 5.91 Å². The molecule has 0 unspecified atom stereocenters. The standard InChI is InChI=1S/C31H32N4O6/c1-20-18-23(9-11-24(20)29(36)34-41-17-14-35-12-15-40-16-13-35)32-28(21-6-4-3-5-7-21)27-25-10-8-22(31(38)39-2)19-26(25)33-30(27)37/h3-11,18-19,33,37H,12-17H2,1-2H3,(H,34,36). The number of aryl methyl sites for hydroxylation is 1. The van der Waals surface area contributed by atoms with Crippen LogP contribution in [0.4, 0.5) is 5.69 Å². The molecule has 0 bridgehead atoms. The number of aromatic hydroxyl groups is 1. The van der Waals surface area contributed by atoms with Crippen LogP contribution in [0.5, 0.6) is 5.88 Å². The maximum Gasteiger partial charge on any atom is 0.337 e. The molecule has 1 aliphatic rings. The van der Waals surface area contributed by atoms with Crippen molar-refractivity contribution in [3.63, 3.8) is 0 Å². The minimum atomic E-state index is -0.471. The molecule has 3 N–H and O–H groups in total. The molecule has 0 aliphatic carbocycles. The van der Waals surface area contributed by atoms with Crippen LogP contribution in [0.3, 0.4) is 0 Å². The Hall–Kier alpha value is -4.51. The molecule has 3 aromatic carbocycles. The normalized spacial score (nSPS) is 14.2. The Kier molecular flexibility index (Phi) is 8.73. The molecule has 10 heteroatoms. The van der Waals surface area contributed by atoms with Gasteiger partial charge in [0, 0.05) is 41.7 Å². The maximum absolute atomic E-state index is 12.8. The van der Waals surface area contributed by atoms with E-state index in [4.69, 9.17) is 19.3 Å². The summed E-state index contributed by atoms with van der Waals surface area (Å²) in [7, 11) is 1.32. The van der Waals surface area contributed by atoms with Crippen LogP contribution in [-0.4, -0.2) is 79.1 Å². The SMILES string of the molecule is COC(=O)c1ccc2c(C(=Nc3ccc(C(=O)NOCCN4CCOCC4)c(C)c3)c3ccccc3)c(O)[nH]c2c1. The number of aliphatic imine (C=N–C) groups is 1. The van der Waals surface area contributed by atoms with Gasteiger partial charge in [0.1, 0.15) is 0 Å². The molecule has 1 amide bonds. The molecule has 212 valence electrons. The number of rotatable bonds is 9. The van der Waals surface area contributed by atoms with Crippen molar-refractivity contribution >= 4 is 34.2 Å². The van der Waals surface area contributed by atoms with E-state index >= 15 is 0 Å². The van der Waals surface area contributed by atoms with Gasteiger partial charge in [0.2, 0.25) is 0 Å². The number of esters is 1. The fourth-order valence-corrected chi connectivity index (χ4v) is 4.80. The lowest BCUT2D eigenvalue weighted by Gasteiger charge is -2.26. The van der Waals surface area contributed by atoms with E-state index in [1.807, 2.05) is 43.3 Å². The molecule has 0 radical (unpaired) electrons. The van der Waals surface area contributed by atoms with Crippen LogP contribution in [0.25, 0.3) is 10.9 Å². The molecule has 4 aromatic rings. The van der Waals surface area contributed by atoms with Crippen molar-refractivity contribution in [3.05, 3.63) is 94.5 Å². The van der Waals surface area contributed by atoms with Crippen molar-refractivity contribution < 1.29 is 29.0 Å². The second kappa shape index (κ2) is 12.8. The summed E-state index contributed by atoms with van der Waals surface area (Å²) in [6.45, 7) is 6.06. The van der Waals surface area contributed by atoms with Gasteiger partial charge in [0.15, 0.2) is 5.88 Å². The Balaban J connectivity index is 1.40. The molecule has 0 atom stereocenters. The molecule has 1 aromatic heterocycles. The number of hydroxylamine groups is 1. The van der Waals surface area contributed by atoms with Gasteiger partial charge in [-0.05, 0) is 42.8 Å². The van der Waals surface area contributed by atoms with Crippen LogP contribution in [0, 0.1) is 6.92 Å². The Bertz CT molecular complexity index is 1570. The van der Waals surface area contributed by atoms with E-state index in [-0.39, 0.29) is 11.8 Å². The summed E-state index contributed by atoms with van der Waals surface area (Å²) in [5, 5.41) is 11.7. The molecular weight excluding hydrogens is 524 g/mol. The van der Waals surface area contributed by atoms with E-state index in [0.717, 1.165) is 24.2 Å². The molecule has 1 saturated heterocycles. The van der Waals surface area contributed by atoms with Gasteiger partial charge in [-0.1, -0.05) is 36.4 Å². The average Bonchev–Trinajstić information content (AvgIpc) is 3.33. The highest BCUT2D eigenvalue weighted by Crippen LogP contribution is 2.32. The van der Waals surface area contributed by atoms with Crippen molar-refractivity contribution in [1.29, 1.82) is 0 Å².